The van der Waals surface area contributed by atoms with Crippen LogP contribution >= 0.6 is 11.6 Å². The van der Waals surface area contributed by atoms with Gasteiger partial charge in [-0.15, -0.1) is 0 Å². The number of anilines is 1. The standard InChI is InChI=1S/C20H21ClN2O2/c1-12-9-17(19(25-4)11-16(12)21)22-20(24)10-15-13(2)23(3)18-8-6-5-7-14(15)18/h5-9,11H,10H2,1-4H3,(H,22,24). The molecule has 5 heteroatoms. The molecule has 0 aliphatic heterocycles. The number of hydrogen-bond donors (Lipinski definition) is 1. The molecule has 1 amide bonds. The highest BCUT2D eigenvalue weighted by atomic mass is 35.5. The van der Waals surface area contributed by atoms with Crippen molar-refractivity contribution in [2.75, 3.05) is 12.4 Å². The molecule has 1 N–H and O–H groups in total. The van der Waals surface area contributed by atoms with Crippen molar-refractivity contribution in [3.63, 3.8) is 0 Å². The van der Waals surface area contributed by atoms with Gasteiger partial charge in [-0.1, -0.05) is 29.8 Å². The molecule has 0 spiro atoms. The molecule has 0 atom stereocenters. The number of rotatable bonds is 4. The summed E-state index contributed by atoms with van der Waals surface area (Å²) in [5.74, 6) is 0.470. The van der Waals surface area contributed by atoms with Crippen LogP contribution in [0.1, 0.15) is 16.8 Å². The van der Waals surface area contributed by atoms with Gasteiger partial charge < -0.3 is 14.6 Å². The van der Waals surface area contributed by atoms with Gasteiger partial charge in [-0.05, 0) is 37.1 Å². The average molecular weight is 357 g/mol. The summed E-state index contributed by atoms with van der Waals surface area (Å²) in [7, 11) is 3.58. The number of methoxy groups -OCH3 is 1. The highest BCUT2D eigenvalue weighted by Gasteiger charge is 2.16. The van der Waals surface area contributed by atoms with Gasteiger partial charge in [-0.3, -0.25) is 4.79 Å². The van der Waals surface area contributed by atoms with E-state index in [4.69, 9.17) is 16.3 Å². The molecule has 0 radical (unpaired) electrons. The summed E-state index contributed by atoms with van der Waals surface area (Å²) in [5.41, 5.74) is 4.78. The highest BCUT2D eigenvalue weighted by molar-refractivity contribution is 6.31. The van der Waals surface area contributed by atoms with Crippen LogP contribution in [0.4, 0.5) is 5.69 Å². The second-order valence-electron chi connectivity index (χ2n) is 6.17. The van der Waals surface area contributed by atoms with E-state index < -0.39 is 0 Å². The zero-order chi connectivity index (χ0) is 18.1. The number of fused-ring (bicyclic) bond motifs is 1. The van der Waals surface area contributed by atoms with Crippen LogP contribution in [0.25, 0.3) is 10.9 Å². The van der Waals surface area contributed by atoms with Gasteiger partial charge in [-0.25, -0.2) is 0 Å². The third-order valence-electron chi connectivity index (χ3n) is 4.62. The van der Waals surface area contributed by atoms with Crippen molar-refractivity contribution in [2.24, 2.45) is 7.05 Å². The molecule has 0 bridgehead atoms. The first-order chi connectivity index (χ1) is 11.9. The van der Waals surface area contributed by atoms with Crippen molar-refractivity contribution in [2.45, 2.75) is 20.3 Å². The van der Waals surface area contributed by atoms with Gasteiger partial charge in [0.15, 0.2) is 0 Å². The number of nitrogens with zero attached hydrogens (tertiary/aromatic N) is 1. The number of hydrogen-bond acceptors (Lipinski definition) is 2. The Hall–Kier alpha value is -2.46. The van der Waals surface area contributed by atoms with Crippen molar-refractivity contribution in [1.29, 1.82) is 0 Å². The van der Waals surface area contributed by atoms with E-state index >= 15 is 0 Å². The van der Waals surface area contributed by atoms with E-state index in [-0.39, 0.29) is 5.91 Å². The average Bonchev–Trinajstić information content (AvgIpc) is 2.83. The molecule has 3 aromatic rings. The minimum Gasteiger partial charge on any atom is -0.495 e. The fourth-order valence-corrected chi connectivity index (χ4v) is 3.26. The third-order valence-corrected chi connectivity index (χ3v) is 5.03. The lowest BCUT2D eigenvalue weighted by atomic mass is 10.1. The normalized spacial score (nSPS) is 10.9. The third kappa shape index (κ3) is 3.22. The Balaban J connectivity index is 1.90. The lowest BCUT2D eigenvalue weighted by Crippen LogP contribution is -2.15. The number of para-hydroxylation sites is 1. The Morgan fingerprint density at radius 1 is 1.24 bits per heavy atom. The Labute approximate surface area is 152 Å². The van der Waals surface area contributed by atoms with Gasteiger partial charge in [0.1, 0.15) is 5.75 Å². The first-order valence-corrected chi connectivity index (χ1v) is 8.47. The SMILES string of the molecule is COc1cc(Cl)c(C)cc1NC(=O)Cc1c(C)n(C)c2ccccc12. The number of carbonyl (C=O) groups is 1. The van der Waals surface area contributed by atoms with E-state index in [0.29, 0.717) is 22.9 Å². The molecular weight excluding hydrogens is 336 g/mol. The smallest absolute Gasteiger partial charge is 0.228 e. The fourth-order valence-electron chi connectivity index (χ4n) is 3.11. The maximum absolute atomic E-state index is 12.6. The summed E-state index contributed by atoms with van der Waals surface area (Å²) >= 11 is 6.12. The Morgan fingerprint density at radius 3 is 2.68 bits per heavy atom. The van der Waals surface area contributed by atoms with Crippen molar-refractivity contribution in [3.8, 4) is 5.75 Å². The monoisotopic (exact) mass is 356 g/mol. The topological polar surface area (TPSA) is 43.3 Å². The second kappa shape index (κ2) is 6.81. The van der Waals surface area contributed by atoms with Crippen molar-refractivity contribution in [1.82, 2.24) is 4.57 Å². The molecule has 0 saturated carbocycles. The summed E-state index contributed by atoms with van der Waals surface area (Å²) in [4.78, 5) is 12.6. The van der Waals surface area contributed by atoms with Crippen molar-refractivity contribution < 1.29 is 9.53 Å². The van der Waals surface area contributed by atoms with Gasteiger partial charge in [0.2, 0.25) is 5.91 Å². The van der Waals surface area contributed by atoms with Crippen LogP contribution in [0, 0.1) is 13.8 Å². The van der Waals surface area contributed by atoms with Gasteiger partial charge in [-0.2, -0.15) is 0 Å². The number of amides is 1. The van der Waals surface area contributed by atoms with E-state index in [2.05, 4.69) is 22.0 Å². The summed E-state index contributed by atoms with van der Waals surface area (Å²) in [6, 6.07) is 11.7. The molecular formula is C20H21ClN2O2. The molecule has 1 heterocycles. The van der Waals surface area contributed by atoms with Gasteiger partial charge in [0.05, 0.1) is 19.2 Å². The van der Waals surface area contributed by atoms with Crippen LogP contribution in [0.3, 0.4) is 0 Å². The zero-order valence-corrected chi connectivity index (χ0v) is 15.6. The van der Waals surface area contributed by atoms with Crippen LogP contribution in [-0.2, 0) is 18.3 Å². The molecule has 0 aliphatic rings. The summed E-state index contributed by atoms with van der Waals surface area (Å²) < 4.78 is 7.44. The van der Waals surface area contributed by atoms with Crippen LogP contribution < -0.4 is 10.1 Å². The largest absolute Gasteiger partial charge is 0.495 e. The van der Waals surface area contributed by atoms with E-state index in [1.807, 2.05) is 39.1 Å². The maximum Gasteiger partial charge on any atom is 0.228 e. The Kier molecular flexibility index (Phi) is 4.73. The first kappa shape index (κ1) is 17.4. The van der Waals surface area contributed by atoms with Gasteiger partial charge in [0, 0.05) is 34.7 Å². The minimum atomic E-state index is -0.0838. The number of halogens is 1. The number of carbonyl (C=O) groups excluding carboxylic acids is 1. The molecule has 3 rings (SSSR count). The van der Waals surface area contributed by atoms with Crippen molar-refractivity contribution in [3.05, 3.63) is 58.2 Å². The number of ether oxygens (including phenoxy) is 1. The molecule has 1 aromatic heterocycles. The van der Waals surface area contributed by atoms with Gasteiger partial charge in [0.25, 0.3) is 0 Å². The molecule has 2 aromatic carbocycles. The number of aromatic nitrogens is 1. The molecule has 25 heavy (non-hydrogen) atoms. The number of nitrogens with one attached hydrogen (secondary N) is 1. The zero-order valence-electron chi connectivity index (χ0n) is 14.8. The van der Waals surface area contributed by atoms with Crippen molar-refractivity contribution >= 4 is 34.1 Å². The lowest BCUT2D eigenvalue weighted by molar-refractivity contribution is -0.115. The van der Waals surface area contributed by atoms with E-state index in [1.165, 1.54) is 0 Å². The summed E-state index contributed by atoms with van der Waals surface area (Å²) in [6.45, 7) is 3.93. The predicted octanol–water partition coefficient (Wildman–Crippen LogP) is 4.64. The fraction of sp³-hybridized carbons (Fsp3) is 0.250. The molecule has 0 fully saturated rings. The molecule has 0 unspecified atom stereocenters. The van der Waals surface area contributed by atoms with E-state index in [0.717, 1.165) is 27.7 Å². The molecule has 0 saturated heterocycles. The maximum atomic E-state index is 12.6. The molecule has 0 aliphatic carbocycles. The summed E-state index contributed by atoms with van der Waals surface area (Å²) in [5, 5.41) is 4.67. The van der Waals surface area contributed by atoms with Gasteiger partial charge >= 0.3 is 0 Å². The predicted molar refractivity (Wildman–Crippen MR) is 103 cm³/mol. The van der Waals surface area contributed by atoms with E-state index in [9.17, 15) is 4.79 Å². The van der Waals surface area contributed by atoms with Crippen LogP contribution in [0.5, 0.6) is 5.75 Å². The highest BCUT2D eigenvalue weighted by Crippen LogP contribution is 2.31. The van der Waals surface area contributed by atoms with Crippen LogP contribution in [0.2, 0.25) is 5.02 Å². The summed E-state index contributed by atoms with van der Waals surface area (Å²) in [6.07, 6.45) is 0.304. The Morgan fingerprint density at radius 2 is 1.96 bits per heavy atom. The Bertz CT molecular complexity index is 960. The first-order valence-electron chi connectivity index (χ1n) is 8.09. The second-order valence-corrected chi connectivity index (χ2v) is 6.57. The molecule has 130 valence electrons. The van der Waals surface area contributed by atoms with Crippen LogP contribution in [0.15, 0.2) is 36.4 Å². The lowest BCUT2D eigenvalue weighted by Gasteiger charge is -2.12. The van der Waals surface area contributed by atoms with Crippen LogP contribution in [-0.4, -0.2) is 17.6 Å². The quantitative estimate of drug-likeness (QED) is 0.740. The molecule has 4 nitrogen and oxygen atoms in total. The number of benzene rings is 2. The number of aryl methyl sites for hydroxylation is 2. The minimum absolute atomic E-state index is 0.0838. The van der Waals surface area contributed by atoms with E-state index in [1.54, 1.807) is 13.2 Å².